The summed E-state index contributed by atoms with van der Waals surface area (Å²) in [7, 11) is 0. The number of piperidine rings is 1. The highest BCUT2D eigenvalue weighted by atomic mass is 15.2. The van der Waals surface area contributed by atoms with Gasteiger partial charge in [-0.1, -0.05) is 34.1 Å². The zero-order valence-corrected chi connectivity index (χ0v) is 12.4. The van der Waals surface area contributed by atoms with Gasteiger partial charge in [-0.05, 0) is 44.2 Å². The van der Waals surface area contributed by atoms with Crippen molar-refractivity contribution in [2.75, 3.05) is 26.2 Å². The molecule has 1 unspecified atom stereocenters. The van der Waals surface area contributed by atoms with E-state index in [9.17, 15) is 0 Å². The van der Waals surface area contributed by atoms with Crippen LogP contribution < -0.4 is 5.32 Å². The van der Waals surface area contributed by atoms with Gasteiger partial charge in [0.15, 0.2) is 0 Å². The molecule has 2 heteroatoms. The van der Waals surface area contributed by atoms with Crippen molar-refractivity contribution >= 4 is 0 Å². The van der Waals surface area contributed by atoms with Gasteiger partial charge in [-0.3, -0.25) is 4.90 Å². The van der Waals surface area contributed by atoms with Crippen molar-refractivity contribution in [3.63, 3.8) is 0 Å². The van der Waals surface area contributed by atoms with Crippen molar-refractivity contribution in [1.82, 2.24) is 10.2 Å². The third-order valence-corrected chi connectivity index (χ3v) is 3.88. The number of likely N-dealkylation sites (tertiary alicyclic amines) is 1. The molecule has 0 amide bonds. The average Bonchev–Trinajstić information content (AvgIpc) is 2.27. The van der Waals surface area contributed by atoms with Crippen LogP contribution >= 0.6 is 0 Å². The fourth-order valence-corrected chi connectivity index (χ4v) is 2.97. The molecule has 1 atom stereocenters. The van der Waals surface area contributed by atoms with Crippen molar-refractivity contribution in [1.29, 1.82) is 0 Å². The second-order valence-corrected chi connectivity index (χ2v) is 6.38. The van der Waals surface area contributed by atoms with Gasteiger partial charge in [0.25, 0.3) is 0 Å². The molecule has 1 N–H and O–H groups in total. The summed E-state index contributed by atoms with van der Waals surface area (Å²) in [5, 5.41) is 3.60. The van der Waals surface area contributed by atoms with Gasteiger partial charge < -0.3 is 5.32 Å². The van der Waals surface area contributed by atoms with Crippen LogP contribution in [0.4, 0.5) is 0 Å². The molecule has 1 fully saturated rings. The Morgan fingerprint density at radius 1 is 1.24 bits per heavy atom. The van der Waals surface area contributed by atoms with Gasteiger partial charge in [-0.15, -0.1) is 0 Å². The summed E-state index contributed by atoms with van der Waals surface area (Å²) in [6.45, 7) is 14.3. The number of nitrogens with one attached hydrogen (secondary N) is 1. The minimum Gasteiger partial charge on any atom is -0.315 e. The monoisotopic (exact) mass is 240 g/mol. The standard InChI is InChI=1S/C15H32N2/c1-5-8-14(12-16-10-6-2)17-11-7-9-15(3,4)13-17/h14,16H,5-13H2,1-4H3. The molecule has 0 aromatic heterocycles. The fourth-order valence-electron chi connectivity index (χ4n) is 2.97. The maximum absolute atomic E-state index is 3.60. The molecule has 1 heterocycles. The lowest BCUT2D eigenvalue weighted by Crippen LogP contribution is -2.49. The summed E-state index contributed by atoms with van der Waals surface area (Å²) in [4.78, 5) is 2.73. The fraction of sp³-hybridized carbons (Fsp3) is 1.00. The molecule has 0 aliphatic carbocycles. The van der Waals surface area contributed by atoms with Crippen LogP contribution in [0.15, 0.2) is 0 Å². The van der Waals surface area contributed by atoms with Crippen LogP contribution in [0.25, 0.3) is 0 Å². The molecule has 17 heavy (non-hydrogen) atoms. The number of nitrogens with zero attached hydrogens (tertiary/aromatic N) is 1. The van der Waals surface area contributed by atoms with E-state index in [1.54, 1.807) is 0 Å². The van der Waals surface area contributed by atoms with Crippen LogP contribution in [0, 0.1) is 5.41 Å². The third kappa shape index (κ3) is 5.39. The molecular weight excluding hydrogens is 208 g/mol. The average molecular weight is 240 g/mol. The Balaban J connectivity index is 2.44. The first-order chi connectivity index (χ1) is 8.09. The van der Waals surface area contributed by atoms with Crippen LogP contribution in [0.1, 0.15) is 59.8 Å². The zero-order chi connectivity index (χ0) is 12.7. The molecular formula is C15H32N2. The van der Waals surface area contributed by atoms with E-state index >= 15 is 0 Å². The number of hydrogen-bond acceptors (Lipinski definition) is 2. The van der Waals surface area contributed by atoms with Crippen molar-refractivity contribution in [2.45, 2.75) is 65.8 Å². The first-order valence-electron chi connectivity index (χ1n) is 7.54. The topological polar surface area (TPSA) is 15.3 Å². The lowest BCUT2D eigenvalue weighted by atomic mass is 9.83. The first-order valence-corrected chi connectivity index (χ1v) is 7.54. The largest absolute Gasteiger partial charge is 0.315 e. The minimum atomic E-state index is 0.523. The van der Waals surface area contributed by atoms with Crippen LogP contribution in [-0.2, 0) is 0 Å². The summed E-state index contributed by atoms with van der Waals surface area (Å²) in [6, 6.07) is 0.756. The smallest absolute Gasteiger partial charge is 0.0220 e. The first kappa shape index (κ1) is 15.0. The molecule has 1 rings (SSSR count). The van der Waals surface area contributed by atoms with E-state index in [-0.39, 0.29) is 0 Å². The highest BCUT2D eigenvalue weighted by Crippen LogP contribution is 2.30. The molecule has 0 radical (unpaired) electrons. The van der Waals surface area contributed by atoms with Gasteiger partial charge >= 0.3 is 0 Å². The molecule has 0 spiro atoms. The van der Waals surface area contributed by atoms with Crippen LogP contribution in [0.3, 0.4) is 0 Å². The normalized spacial score (nSPS) is 22.6. The van der Waals surface area contributed by atoms with Crippen molar-refractivity contribution in [3.8, 4) is 0 Å². The van der Waals surface area contributed by atoms with Crippen LogP contribution in [-0.4, -0.2) is 37.1 Å². The third-order valence-electron chi connectivity index (χ3n) is 3.88. The van der Waals surface area contributed by atoms with E-state index in [1.165, 1.54) is 51.7 Å². The van der Waals surface area contributed by atoms with Gasteiger partial charge in [0.05, 0.1) is 0 Å². The van der Waals surface area contributed by atoms with Crippen molar-refractivity contribution in [3.05, 3.63) is 0 Å². The molecule has 0 bridgehead atoms. The Kier molecular flexibility index (Phi) is 6.50. The Morgan fingerprint density at radius 3 is 2.59 bits per heavy atom. The van der Waals surface area contributed by atoms with Crippen LogP contribution in [0.5, 0.6) is 0 Å². The second kappa shape index (κ2) is 7.38. The SMILES string of the molecule is CCCNCC(CCC)N1CCCC(C)(C)C1. The molecule has 1 aliphatic rings. The van der Waals surface area contributed by atoms with E-state index in [1.807, 2.05) is 0 Å². The van der Waals surface area contributed by atoms with E-state index in [4.69, 9.17) is 0 Å². The molecule has 2 nitrogen and oxygen atoms in total. The number of hydrogen-bond donors (Lipinski definition) is 1. The summed E-state index contributed by atoms with van der Waals surface area (Å²) < 4.78 is 0. The van der Waals surface area contributed by atoms with Gasteiger partial charge in [0.2, 0.25) is 0 Å². The second-order valence-electron chi connectivity index (χ2n) is 6.38. The van der Waals surface area contributed by atoms with E-state index in [0.29, 0.717) is 5.41 Å². The molecule has 0 aromatic rings. The van der Waals surface area contributed by atoms with Gasteiger partial charge in [-0.25, -0.2) is 0 Å². The van der Waals surface area contributed by atoms with Gasteiger partial charge in [0.1, 0.15) is 0 Å². The molecule has 102 valence electrons. The van der Waals surface area contributed by atoms with E-state index in [0.717, 1.165) is 12.6 Å². The van der Waals surface area contributed by atoms with Gasteiger partial charge in [-0.2, -0.15) is 0 Å². The predicted octanol–water partition coefficient (Wildman–Crippen LogP) is 3.28. The Morgan fingerprint density at radius 2 is 2.00 bits per heavy atom. The number of rotatable bonds is 7. The molecule has 0 saturated carbocycles. The van der Waals surface area contributed by atoms with E-state index < -0.39 is 0 Å². The van der Waals surface area contributed by atoms with Crippen molar-refractivity contribution < 1.29 is 0 Å². The quantitative estimate of drug-likeness (QED) is 0.687. The maximum atomic E-state index is 3.60. The summed E-state index contributed by atoms with van der Waals surface area (Å²) in [5.74, 6) is 0. The Bertz CT molecular complexity index is 201. The summed E-state index contributed by atoms with van der Waals surface area (Å²) in [6.07, 6.45) is 6.65. The van der Waals surface area contributed by atoms with Crippen molar-refractivity contribution in [2.24, 2.45) is 5.41 Å². The zero-order valence-electron chi connectivity index (χ0n) is 12.4. The van der Waals surface area contributed by atoms with Gasteiger partial charge in [0, 0.05) is 19.1 Å². The summed E-state index contributed by atoms with van der Waals surface area (Å²) >= 11 is 0. The highest BCUT2D eigenvalue weighted by molar-refractivity contribution is 4.84. The molecule has 1 aliphatic heterocycles. The highest BCUT2D eigenvalue weighted by Gasteiger charge is 2.29. The molecule has 1 saturated heterocycles. The Hall–Kier alpha value is -0.0800. The Labute approximate surface area is 108 Å². The predicted molar refractivity (Wildman–Crippen MR) is 76.4 cm³/mol. The maximum Gasteiger partial charge on any atom is 0.0220 e. The van der Waals surface area contributed by atoms with E-state index in [2.05, 4.69) is 37.9 Å². The molecule has 0 aromatic carbocycles. The van der Waals surface area contributed by atoms with Crippen LogP contribution in [0.2, 0.25) is 0 Å². The lowest BCUT2D eigenvalue weighted by Gasteiger charge is -2.42. The lowest BCUT2D eigenvalue weighted by molar-refractivity contribution is 0.0734. The summed E-state index contributed by atoms with van der Waals surface area (Å²) in [5.41, 5.74) is 0.523. The minimum absolute atomic E-state index is 0.523.